The largest absolute Gasteiger partial charge is 0.472 e. The van der Waals surface area contributed by atoms with Crippen molar-refractivity contribution in [3.8, 4) is 0 Å². The number of hydrogen-bond acceptors (Lipinski definition) is 7. The first-order chi connectivity index (χ1) is 32.0. The van der Waals surface area contributed by atoms with Gasteiger partial charge in [-0.1, -0.05) is 244 Å². The van der Waals surface area contributed by atoms with Crippen molar-refractivity contribution < 1.29 is 42.1 Å². The molecule has 0 aliphatic heterocycles. The Bertz CT molecular complexity index is 1130. The van der Waals surface area contributed by atoms with Crippen LogP contribution >= 0.6 is 7.82 Å². The first-order valence-corrected chi connectivity index (χ1v) is 29.9. The third kappa shape index (κ3) is 52.1. The van der Waals surface area contributed by atoms with Gasteiger partial charge in [0.05, 0.1) is 27.7 Å². The second-order valence-electron chi connectivity index (χ2n) is 20.7. The zero-order valence-electron chi connectivity index (χ0n) is 44.5. The minimum absolute atomic E-state index is 0.0357. The van der Waals surface area contributed by atoms with Gasteiger partial charge < -0.3 is 18.9 Å². The van der Waals surface area contributed by atoms with Crippen molar-refractivity contribution in [2.75, 3.05) is 47.5 Å². The van der Waals surface area contributed by atoms with E-state index in [1.165, 1.54) is 218 Å². The molecule has 1 N–H and O–H groups in total. The van der Waals surface area contributed by atoms with Gasteiger partial charge in [-0.05, 0) is 38.5 Å². The summed E-state index contributed by atoms with van der Waals surface area (Å²) < 4.78 is 34.6. The van der Waals surface area contributed by atoms with Crippen molar-refractivity contribution in [3.05, 3.63) is 12.2 Å². The third-order valence-corrected chi connectivity index (χ3v) is 13.8. The number of carbonyl (C=O) groups excluding carboxylic acids is 2. The predicted molar refractivity (Wildman–Crippen MR) is 280 cm³/mol. The molecule has 0 aliphatic rings. The van der Waals surface area contributed by atoms with Gasteiger partial charge in [0.2, 0.25) is 0 Å². The molecule has 0 aromatic heterocycles. The zero-order chi connectivity index (χ0) is 48.5. The summed E-state index contributed by atoms with van der Waals surface area (Å²) in [7, 11) is 1.50. The molecule has 0 radical (unpaired) electrons. The average Bonchev–Trinajstić information content (AvgIpc) is 3.27. The second-order valence-corrected chi connectivity index (χ2v) is 22.1. The molecule has 0 rings (SSSR count). The van der Waals surface area contributed by atoms with Gasteiger partial charge in [0.15, 0.2) is 6.10 Å². The quantitative estimate of drug-likeness (QED) is 0.0211. The van der Waals surface area contributed by atoms with Crippen molar-refractivity contribution in [2.45, 2.75) is 290 Å². The molecule has 10 heteroatoms. The summed E-state index contributed by atoms with van der Waals surface area (Å²) in [5.74, 6) is -0.779. The number of quaternary nitrogens is 1. The van der Waals surface area contributed by atoms with Crippen LogP contribution in [0.5, 0.6) is 0 Å². The van der Waals surface area contributed by atoms with E-state index in [0.717, 1.165) is 32.1 Å². The molecule has 0 bridgehead atoms. The minimum Gasteiger partial charge on any atom is -0.462 e. The molecular formula is C56H111NO8P+. The standard InChI is InChI=1S/C56H110NO8P/c1-6-8-10-12-14-16-18-20-22-24-25-26-27-28-29-30-31-33-35-37-39-41-43-45-47-49-56(59)65-54(53-64-66(60,61)63-51-50-57(3,4)5)52-62-55(58)48-46-44-42-40-38-36-34-32-23-21-19-17-15-13-11-9-7-2/h24-25,54H,6-23,26-53H2,1-5H3/p+1/b25-24-. The first-order valence-electron chi connectivity index (χ1n) is 28.4. The van der Waals surface area contributed by atoms with Crippen LogP contribution in [0, 0.1) is 0 Å². The Morgan fingerprint density at radius 2 is 0.773 bits per heavy atom. The van der Waals surface area contributed by atoms with Crippen LogP contribution in [0.2, 0.25) is 0 Å². The fourth-order valence-electron chi connectivity index (χ4n) is 8.37. The molecule has 0 saturated carbocycles. The summed E-state index contributed by atoms with van der Waals surface area (Å²) in [6, 6.07) is 0. The first kappa shape index (κ1) is 64.8. The summed E-state index contributed by atoms with van der Waals surface area (Å²) in [6.45, 7) is 4.49. The predicted octanol–water partition coefficient (Wildman–Crippen LogP) is 17.3. The molecule has 2 unspecified atom stereocenters. The Morgan fingerprint density at radius 1 is 0.455 bits per heavy atom. The van der Waals surface area contributed by atoms with E-state index in [9.17, 15) is 19.0 Å². The molecule has 0 heterocycles. The van der Waals surface area contributed by atoms with Crippen LogP contribution in [-0.4, -0.2) is 74.9 Å². The molecule has 0 aromatic rings. The monoisotopic (exact) mass is 957 g/mol. The van der Waals surface area contributed by atoms with E-state index in [-0.39, 0.29) is 25.6 Å². The Labute approximate surface area is 409 Å². The van der Waals surface area contributed by atoms with Gasteiger partial charge in [-0.15, -0.1) is 0 Å². The number of allylic oxidation sites excluding steroid dienone is 2. The van der Waals surface area contributed by atoms with Crippen molar-refractivity contribution >= 4 is 19.8 Å². The van der Waals surface area contributed by atoms with Crippen LogP contribution in [-0.2, 0) is 32.7 Å². The molecule has 0 aliphatic carbocycles. The normalized spacial score (nSPS) is 13.4. The van der Waals surface area contributed by atoms with Gasteiger partial charge in [-0.2, -0.15) is 0 Å². The van der Waals surface area contributed by atoms with E-state index >= 15 is 0 Å². The fourth-order valence-corrected chi connectivity index (χ4v) is 9.11. The van der Waals surface area contributed by atoms with Crippen LogP contribution in [0.25, 0.3) is 0 Å². The van der Waals surface area contributed by atoms with E-state index in [0.29, 0.717) is 23.9 Å². The van der Waals surface area contributed by atoms with Gasteiger partial charge in [0.1, 0.15) is 19.8 Å². The SMILES string of the molecule is CCCCCCCCCC/C=C\CCCCCCCCCCCCCCCC(=O)OC(COC(=O)CCCCCCCCCCCCCCCCCCC)COP(=O)(O)OCC[N+](C)(C)C. The maximum atomic E-state index is 12.8. The van der Waals surface area contributed by atoms with E-state index in [1.54, 1.807) is 0 Å². The molecule has 9 nitrogen and oxygen atoms in total. The summed E-state index contributed by atoms with van der Waals surface area (Å²) in [6.07, 6.45) is 55.6. The number of hydrogen-bond donors (Lipinski definition) is 1. The number of ether oxygens (including phenoxy) is 2. The van der Waals surface area contributed by atoms with Crippen LogP contribution in [0.4, 0.5) is 0 Å². The molecular weight excluding hydrogens is 846 g/mol. The van der Waals surface area contributed by atoms with Crippen molar-refractivity contribution in [1.29, 1.82) is 0 Å². The number of phosphoric acid groups is 1. The molecule has 0 amide bonds. The number of phosphoric ester groups is 1. The summed E-state index contributed by atoms with van der Waals surface area (Å²) >= 11 is 0. The maximum Gasteiger partial charge on any atom is 0.472 e. The lowest BCUT2D eigenvalue weighted by atomic mass is 10.0. The average molecular weight is 957 g/mol. The van der Waals surface area contributed by atoms with E-state index in [2.05, 4.69) is 26.0 Å². The van der Waals surface area contributed by atoms with Gasteiger partial charge in [0, 0.05) is 12.8 Å². The number of unbranched alkanes of at least 4 members (excludes halogenated alkanes) is 37. The van der Waals surface area contributed by atoms with Crippen molar-refractivity contribution in [3.63, 3.8) is 0 Å². The topological polar surface area (TPSA) is 108 Å². The lowest BCUT2D eigenvalue weighted by molar-refractivity contribution is -0.870. The number of carbonyl (C=O) groups is 2. The summed E-state index contributed by atoms with van der Waals surface area (Å²) in [5, 5.41) is 0. The van der Waals surface area contributed by atoms with Gasteiger partial charge in [-0.25, -0.2) is 4.57 Å². The molecule has 66 heavy (non-hydrogen) atoms. The van der Waals surface area contributed by atoms with Gasteiger partial charge in [-0.3, -0.25) is 18.6 Å². The summed E-state index contributed by atoms with van der Waals surface area (Å²) in [4.78, 5) is 35.6. The Morgan fingerprint density at radius 3 is 1.12 bits per heavy atom. The lowest BCUT2D eigenvalue weighted by Crippen LogP contribution is -2.37. The van der Waals surface area contributed by atoms with Crippen LogP contribution < -0.4 is 0 Å². The highest BCUT2D eigenvalue weighted by Gasteiger charge is 2.27. The Balaban J connectivity index is 4.12. The number of nitrogens with zero attached hydrogens (tertiary/aromatic N) is 1. The van der Waals surface area contributed by atoms with Crippen LogP contribution in [0.3, 0.4) is 0 Å². The third-order valence-electron chi connectivity index (χ3n) is 12.8. The Hall–Kier alpha value is -1.25. The summed E-state index contributed by atoms with van der Waals surface area (Å²) in [5.41, 5.74) is 0. The van der Waals surface area contributed by atoms with Crippen molar-refractivity contribution in [2.24, 2.45) is 0 Å². The smallest absolute Gasteiger partial charge is 0.462 e. The van der Waals surface area contributed by atoms with Gasteiger partial charge in [0.25, 0.3) is 0 Å². The molecule has 0 saturated heterocycles. The molecule has 392 valence electrons. The van der Waals surface area contributed by atoms with Crippen LogP contribution in [0.15, 0.2) is 12.2 Å². The number of likely N-dealkylation sites (N-methyl/N-ethyl adjacent to an activating group) is 1. The molecule has 2 atom stereocenters. The van der Waals surface area contributed by atoms with Crippen molar-refractivity contribution in [1.82, 2.24) is 0 Å². The highest BCUT2D eigenvalue weighted by Crippen LogP contribution is 2.43. The molecule has 0 aromatic carbocycles. The lowest BCUT2D eigenvalue weighted by Gasteiger charge is -2.24. The fraction of sp³-hybridized carbons (Fsp3) is 0.929. The number of esters is 2. The molecule has 0 spiro atoms. The second kappa shape index (κ2) is 48.8. The maximum absolute atomic E-state index is 12.8. The van der Waals surface area contributed by atoms with Crippen LogP contribution in [0.1, 0.15) is 284 Å². The molecule has 0 fully saturated rings. The highest BCUT2D eigenvalue weighted by atomic mass is 31.2. The van der Waals surface area contributed by atoms with E-state index in [1.807, 2.05) is 21.1 Å². The minimum atomic E-state index is -4.38. The van der Waals surface area contributed by atoms with E-state index < -0.39 is 26.5 Å². The number of rotatable bonds is 53. The van der Waals surface area contributed by atoms with Gasteiger partial charge >= 0.3 is 19.8 Å². The highest BCUT2D eigenvalue weighted by molar-refractivity contribution is 7.47. The Kier molecular flexibility index (Phi) is 47.8. The van der Waals surface area contributed by atoms with E-state index in [4.69, 9.17) is 18.5 Å². The zero-order valence-corrected chi connectivity index (χ0v) is 45.4.